The van der Waals surface area contributed by atoms with E-state index in [4.69, 9.17) is 11.6 Å². The summed E-state index contributed by atoms with van der Waals surface area (Å²) in [6.07, 6.45) is 1.52. The molecule has 1 unspecified atom stereocenters. The Labute approximate surface area is 190 Å². The molecular formula is C21H21ClN4O3S2. The molecule has 2 heterocycles. The second-order valence-corrected chi connectivity index (χ2v) is 10.8. The molecule has 0 bridgehead atoms. The molecule has 1 aliphatic rings. The van der Waals surface area contributed by atoms with E-state index < -0.39 is 10.0 Å². The van der Waals surface area contributed by atoms with E-state index in [1.165, 1.54) is 15.6 Å². The number of anilines is 1. The predicted molar refractivity (Wildman–Crippen MR) is 121 cm³/mol. The van der Waals surface area contributed by atoms with Crippen molar-refractivity contribution < 1.29 is 13.2 Å². The lowest BCUT2D eigenvalue weighted by Gasteiger charge is -2.30. The first-order valence-corrected chi connectivity index (χ1v) is 12.4. The van der Waals surface area contributed by atoms with Gasteiger partial charge in [0.05, 0.1) is 4.90 Å². The number of aryl methyl sites for hydroxylation is 1. The van der Waals surface area contributed by atoms with Crippen LogP contribution in [-0.2, 0) is 10.0 Å². The Hall–Kier alpha value is -2.33. The van der Waals surface area contributed by atoms with Crippen molar-refractivity contribution >= 4 is 44.6 Å². The number of hydrogen-bond donors (Lipinski definition) is 1. The molecule has 1 aromatic heterocycles. The minimum absolute atomic E-state index is 0.0980. The molecule has 0 spiro atoms. The zero-order valence-corrected chi connectivity index (χ0v) is 19.2. The number of amides is 1. The summed E-state index contributed by atoms with van der Waals surface area (Å²) in [7, 11) is -3.58. The van der Waals surface area contributed by atoms with Gasteiger partial charge in [0.2, 0.25) is 15.0 Å². The smallest absolute Gasteiger partial charge is 0.286 e. The van der Waals surface area contributed by atoms with Crippen LogP contribution in [0.3, 0.4) is 0 Å². The third kappa shape index (κ3) is 4.95. The molecule has 10 heteroatoms. The molecule has 31 heavy (non-hydrogen) atoms. The van der Waals surface area contributed by atoms with E-state index in [9.17, 15) is 13.2 Å². The number of rotatable bonds is 5. The van der Waals surface area contributed by atoms with Crippen LogP contribution in [0, 0.1) is 6.92 Å². The van der Waals surface area contributed by atoms with Gasteiger partial charge in [-0.3, -0.25) is 4.79 Å². The number of nitrogens with zero attached hydrogens (tertiary/aromatic N) is 3. The Balaban J connectivity index is 1.47. The predicted octanol–water partition coefficient (Wildman–Crippen LogP) is 4.32. The standard InChI is InChI=1S/C21H21ClN4O3S2/c1-14-7-9-18(10-8-14)31(28,29)26-11-3-4-15(13-26)20-24-25-21(30-20)19(27)23-17-6-2-5-16(22)12-17/h2,5-10,12,15H,3-4,11,13H2,1H3,(H,23,27). The zero-order chi connectivity index (χ0) is 22.0. The van der Waals surface area contributed by atoms with Gasteiger partial charge in [0.15, 0.2) is 0 Å². The van der Waals surface area contributed by atoms with Gasteiger partial charge in [-0.15, -0.1) is 10.2 Å². The quantitative estimate of drug-likeness (QED) is 0.592. The van der Waals surface area contributed by atoms with Gasteiger partial charge >= 0.3 is 0 Å². The molecule has 162 valence electrons. The van der Waals surface area contributed by atoms with Crippen LogP contribution in [0.15, 0.2) is 53.4 Å². The van der Waals surface area contributed by atoms with Gasteiger partial charge in [-0.25, -0.2) is 8.42 Å². The fourth-order valence-corrected chi connectivity index (χ4v) is 6.04. The van der Waals surface area contributed by atoms with Crippen molar-refractivity contribution in [3.8, 4) is 0 Å². The molecule has 2 aromatic carbocycles. The molecule has 3 aromatic rings. The SMILES string of the molecule is Cc1ccc(S(=O)(=O)N2CCCC(c3nnc(C(=O)Nc4cccc(Cl)c4)s3)C2)cc1. The van der Waals surface area contributed by atoms with Crippen LogP contribution >= 0.6 is 22.9 Å². The second kappa shape index (κ2) is 9.04. The van der Waals surface area contributed by atoms with E-state index in [2.05, 4.69) is 15.5 Å². The van der Waals surface area contributed by atoms with E-state index in [0.29, 0.717) is 28.8 Å². The summed E-state index contributed by atoms with van der Waals surface area (Å²) in [5, 5.41) is 12.4. The Morgan fingerprint density at radius 1 is 1.19 bits per heavy atom. The van der Waals surface area contributed by atoms with Gasteiger partial charge in [0.25, 0.3) is 5.91 Å². The van der Waals surface area contributed by atoms with Crippen LogP contribution in [-0.4, -0.2) is 41.9 Å². The van der Waals surface area contributed by atoms with E-state index in [1.54, 1.807) is 48.5 Å². The molecule has 0 aliphatic carbocycles. The molecule has 4 rings (SSSR count). The first-order valence-electron chi connectivity index (χ1n) is 9.80. The molecule has 1 N–H and O–H groups in total. The molecule has 0 radical (unpaired) electrons. The average Bonchev–Trinajstić information content (AvgIpc) is 3.25. The van der Waals surface area contributed by atoms with Crippen LogP contribution in [0.5, 0.6) is 0 Å². The van der Waals surface area contributed by atoms with Crippen LogP contribution < -0.4 is 5.32 Å². The number of nitrogens with one attached hydrogen (secondary N) is 1. The Bertz CT molecular complexity index is 1200. The van der Waals surface area contributed by atoms with E-state index in [-0.39, 0.29) is 21.7 Å². The van der Waals surface area contributed by atoms with Crippen LogP contribution in [0.4, 0.5) is 5.69 Å². The summed E-state index contributed by atoms with van der Waals surface area (Å²) in [6, 6.07) is 13.7. The summed E-state index contributed by atoms with van der Waals surface area (Å²) in [6.45, 7) is 2.71. The van der Waals surface area contributed by atoms with Crippen molar-refractivity contribution in [2.24, 2.45) is 0 Å². The largest absolute Gasteiger partial charge is 0.320 e. The number of benzene rings is 2. The number of piperidine rings is 1. The summed E-state index contributed by atoms with van der Waals surface area (Å²) in [4.78, 5) is 12.8. The molecule has 1 saturated heterocycles. The minimum Gasteiger partial charge on any atom is -0.320 e. The van der Waals surface area contributed by atoms with E-state index in [1.807, 2.05) is 6.92 Å². The number of halogens is 1. The minimum atomic E-state index is -3.58. The van der Waals surface area contributed by atoms with Crippen LogP contribution in [0.25, 0.3) is 0 Å². The van der Waals surface area contributed by atoms with Crippen molar-refractivity contribution in [1.82, 2.24) is 14.5 Å². The van der Waals surface area contributed by atoms with Crippen molar-refractivity contribution in [3.05, 3.63) is 69.1 Å². The number of carbonyl (C=O) groups is 1. The number of carbonyl (C=O) groups excluding carboxylic acids is 1. The van der Waals surface area contributed by atoms with E-state index in [0.717, 1.165) is 18.4 Å². The van der Waals surface area contributed by atoms with Gasteiger partial charge < -0.3 is 5.32 Å². The maximum absolute atomic E-state index is 13.0. The third-order valence-corrected chi connectivity index (χ3v) is 8.31. The van der Waals surface area contributed by atoms with Gasteiger partial charge in [-0.1, -0.05) is 46.7 Å². The molecule has 0 saturated carbocycles. The topological polar surface area (TPSA) is 92.3 Å². The fourth-order valence-electron chi connectivity index (χ4n) is 3.46. The van der Waals surface area contributed by atoms with Gasteiger partial charge in [-0.2, -0.15) is 4.31 Å². The highest BCUT2D eigenvalue weighted by Gasteiger charge is 2.32. The maximum Gasteiger partial charge on any atom is 0.286 e. The monoisotopic (exact) mass is 476 g/mol. The first-order chi connectivity index (χ1) is 14.8. The molecule has 1 aliphatic heterocycles. The Morgan fingerprint density at radius 3 is 2.71 bits per heavy atom. The summed E-state index contributed by atoms with van der Waals surface area (Å²) < 4.78 is 27.6. The van der Waals surface area contributed by atoms with Crippen LogP contribution in [0.1, 0.15) is 39.1 Å². The maximum atomic E-state index is 13.0. The Kier molecular flexibility index (Phi) is 6.38. The van der Waals surface area contributed by atoms with Crippen molar-refractivity contribution in [3.63, 3.8) is 0 Å². The van der Waals surface area contributed by atoms with Gasteiger partial charge in [-0.05, 0) is 50.1 Å². The lowest BCUT2D eigenvalue weighted by atomic mass is 10.0. The second-order valence-electron chi connectivity index (χ2n) is 7.43. The van der Waals surface area contributed by atoms with Gasteiger partial charge in [0.1, 0.15) is 5.01 Å². The number of hydrogen-bond acceptors (Lipinski definition) is 6. The lowest BCUT2D eigenvalue weighted by molar-refractivity contribution is 0.102. The van der Waals surface area contributed by atoms with Crippen molar-refractivity contribution in [1.29, 1.82) is 0 Å². The average molecular weight is 477 g/mol. The summed E-state index contributed by atoms with van der Waals surface area (Å²) in [5.74, 6) is -0.467. The van der Waals surface area contributed by atoms with Crippen molar-refractivity contribution in [2.45, 2.75) is 30.6 Å². The van der Waals surface area contributed by atoms with Gasteiger partial charge in [0, 0.05) is 29.7 Å². The summed E-state index contributed by atoms with van der Waals surface area (Å²) in [5.41, 5.74) is 1.58. The highest BCUT2D eigenvalue weighted by molar-refractivity contribution is 7.89. The molecule has 7 nitrogen and oxygen atoms in total. The third-order valence-electron chi connectivity index (χ3n) is 5.11. The molecule has 1 atom stereocenters. The Morgan fingerprint density at radius 2 is 1.97 bits per heavy atom. The highest BCUT2D eigenvalue weighted by atomic mass is 35.5. The molecular weight excluding hydrogens is 456 g/mol. The highest BCUT2D eigenvalue weighted by Crippen LogP contribution is 2.32. The molecule has 1 amide bonds. The number of sulfonamides is 1. The molecule has 1 fully saturated rings. The lowest BCUT2D eigenvalue weighted by Crippen LogP contribution is -2.39. The number of aromatic nitrogens is 2. The van der Waals surface area contributed by atoms with Crippen LogP contribution in [0.2, 0.25) is 5.02 Å². The van der Waals surface area contributed by atoms with E-state index >= 15 is 0 Å². The normalized spacial score (nSPS) is 17.4. The first kappa shape index (κ1) is 21.9. The van der Waals surface area contributed by atoms with Crippen molar-refractivity contribution in [2.75, 3.05) is 18.4 Å². The fraction of sp³-hybridized carbons (Fsp3) is 0.286. The zero-order valence-electron chi connectivity index (χ0n) is 16.8. The summed E-state index contributed by atoms with van der Waals surface area (Å²) >= 11 is 7.14.